The third kappa shape index (κ3) is 2.23. The Morgan fingerprint density at radius 2 is 1.88 bits per heavy atom. The van der Waals surface area contributed by atoms with Crippen LogP contribution < -0.4 is 0 Å². The highest BCUT2D eigenvalue weighted by Gasteiger charge is 2.12. The van der Waals surface area contributed by atoms with E-state index in [4.69, 9.17) is 46.4 Å². The van der Waals surface area contributed by atoms with Crippen LogP contribution in [-0.2, 0) is 6.42 Å². The van der Waals surface area contributed by atoms with Crippen LogP contribution in [0.1, 0.15) is 5.56 Å². The van der Waals surface area contributed by atoms with E-state index in [0.717, 1.165) is 16.5 Å². The number of fused-ring (bicyclic) bond motifs is 1. The molecule has 84 valence electrons. The van der Waals surface area contributed by atoms with Gasteiger partial charge >= 0.3 is 0 Å². The van der Waals surface area contributed by atoms with Gasteiger partial charge < -0.3 is 0 Å². The van der Waals surface area contributed by atoms with Crippen molar-refractivity contribution in [3.05, 3.63) is 39.0 Å². The van der Waals surface area contributed by atoms with Crippen LogP contribution in [0, 0.1) is 0 Å². The molecular weight excluding hydrogens is 288 g/mol. The first-order valence-corrected chi connectivity index (χ1v) is 6.29. The van der Waals surface area contributed by atoms with Crippen molar-refractivity contribution in [1.29, 1.82) is 0 Å². The molecule has 0 bridgehead atoms. The van der Waals surface area contributed by atoms with Crippen LogP contribution in [0.25, 0.3) is 10.9 Å². The molecule has 0 unspecified atom stereocenters. The van der Waals surface area contributed by atoms with Gasteiger partial charge in [0.25, 0.3) is 0 Å². The lowest BCUT2D eigenvalue weighted by Gasteiger charge is -2.08. The first kappa shape index (κ1) is 12.3. The number of pyridine rings is 1. The van der Waals surface area contributed by atoms with Crippen molar-refractivity contribution in [2.24, 2.45) is 0 Å². The fourth-order valence-corrected chi connectivity index (χ4v) is 2.54. The van der Waals surface area contributed by atoms with E-state index in [9.17, 15) is 0 Å². The molecule has 0 N–H and O–H groups in total. The van der Waals surface area contributed by atoms with Gasteiger partial charge in [0.2, 0.25) is 0 Å². The lowest BCUT2D eigenvalue weighted by molar-refractivity contribution is 1.13. The molecule has 16 heavy (non-hydrogen) atoms. The zero-order valence-electron chi connectivity index (χ0n) is 8.11. The van der Waals surface area contributed by atoms with Crippen LogP contribution in [0.15, 0.2) is 18.2 Å². The van der Waals surface area contributed by atoms with E-state index >= 15 is 0 Å². The number of benzene rings is 1. The van der Waals surface area contributed by atoms with Gasteiger partial charge in [-0.3, -0.25) is 0 Å². The third-order valence-corrected chi connectivity index (χ3v) is 3.44. The van der Waals surface area contributed by atoms with Crippen molar-refractivity contribution in [1.82, 2.24) is 4.98 Å². The number of halogens is 4. The SMILES string of the molecule is ClCCc1c(Cl)nc2ccc(Cl)cc2c1Cl. The summed E-state index contributed by atoms with van der Waals surface area (Å²) in [7, 11) is 0. The number of alkyl halides is 1. The summed E-state index contributed by atoms with van der Waals surface area (Å²) < 4.78 is 0. The van der Waals surface area contributed by atoms with Crippen LogP contribution in [0.2, 0.25) is 15.2 Å². The molecule has 0 aliphatic heterocycles. The van der Waals surface area contributed by atoms with Crippen molar-refractivity contribution in [2.45, 2.75) is 6.42 Å². The second kappa shape index (κ2) is 4.97. The average molecular weight is 295 g/mol. The van der Waals surface area contributed by atoms with Crippen molar-refractivity contribution in [3.63, 3.8) is 0 Å². The molecule has 2 aromatic rings. The minimum Gasteiger partial charge on any atom is -0.236 e. The molecule has 0 saturated carbocycles. The monoisotopic (exact) mass is 293 g/mol. The van der Waals surface area contributed by atoms with Crippen LogP contribution in [0.3, 0.4) is 0 Å². The lowest BCUT2D eigenvalue weighted by Crippen LogP contribution is -1.94. The summed E-state index contributed by atoms with van der Waals surface area (Å²) in [6.45, 7) is 0. The Kier molecular flexibility index (Phi) is 3.81. The maximum absolute atomic E-state index is 6.26. The van der Waals surface area contributed by atoms with E-state index in [-0.39, 0.29) is 0 Å². The number of hydrogen-bond donors (Lipinski definition) is 0. The second-order valence-electron chi connectivity index (χ2n) is 3.30. The molecule has 1 aromatic carbocycles. The molecule has 0 spiro atoms. The fourth-order valence-electron chi connectivity index (χ4n) is 1.52. The van der Waals surface area contributed by atoms with Crippen molar-refractivity contribution >= 4 is 57.3 Å². The summed E-state index contributed by atoms with van der Waals surface area (Å²) in [6, 6.07) is 5.32. The standard InChI is InChI=1S/C11H7Cl4N/c12-4-3-7-10(14)8-5-6(13)1-2-9(8)16-11(7)15/h1-2,5H,3-4H2. The summed E-state index contributed by atoms with van der Waals surface area (Å²) in [5.41, 5.74) is 1.51. The Balaban J connectivity index is 2.74. The highest BCUT2D eigenvalue weighted by Crippen LogP contribution is 2.32. The van der Waals surface area contributed by atoms with Gasteiger partial charge in [0, 0.05) is 21.9 Å². The van der Waals surface area contributed by atoms with E-state index < -0.39 is 0 Å². The molecule has 1 aromatic heterocycles. The molecule has 2 rings (SSSR count). The molecule has 0 amide bonds. The predicted octanol–water partition coefficient (Wildman–Crippen LogP) is 4.98. The van der Waals surface area contributed by atoms with E-state index in [1.807, 2.05) is 0 Å². The van der Waals surface area contributed by atoms with Crippen LogP contribution in [-0.4, -0.2) is 10.9 Å². The predicted molar refractivity (Wildman–Crippen MR) is 71.2 cm³/mol. The highest BCUT2D eigenvalue weighted by atomic mass is 35.5. The quantitative estimate of drug-likeness (QED) is 0.562. The summed E-state index contributed by atoms with van der Waals surface area (Å²) in [5, 5.41) is 2.41. The van der Waals surface area contributed by atoms with Gasteiger partial charge in [-0.05, 0) is 24.6 Å². The van der Waals surface area contributed by atoms with Gasteiger partial charge in [0.15, 0.2) is 0 Å². The normalized spacial score (nSPS) is 11.0. The Hall–Kier alpha value is -0.210. The maximum Gasteiger partial charge on any atom is 0.134 e. The Labute approximate surface area is 113 Å². The molecular formula is C11H7Cl4N. The van der Waals surface area contributed by atoms with Crippen molar-refractivity contribution in [3.8, 4) is 0 Å². The van der Waals surface area contributed by atoms with Crippen molar-refractivity contribution in [2.75, 3.05) is 5.88 Å². The largest absolute Gasteiger partial charge is 0.236 e. The molecule has 0 aliphatic carbocycles. The number of rotatable bonds is 2. The molecule has 0 radical (unpaired) electrons. The van der Waals surface area contributed by atoms with E-state index in [1.54, 1.807) is 18.2 Å². The smallest absolute Gasteiger partial charge is 0.134 e. The number of aromatic nitrogens is 1. The molecule has 0 saturated heterocycles. The summed E-state index contributed by atoms with van der Waals surface area (Å²) in [4.78, 5) is 4.26. The van der Waals surface area contributed by atoms with Gasteiger partial charge in [0.05, 0.1) is 10.5 Å². The maximum atomic E-state index is 6.26. The first-order valence-electron chi connectivity index (χ1n) is 4.62. The fraction of sp³-hybridized carbons (Fsp3) is 0.182. The van der Waals surface area contributed by atoms with E-state index in [0.29, 0.717) is 27.5 Å². The Bertz CT molecular complexity index is 539. The number of nitrogens with zero attached hydrogens (tertiary/aromatic N) is 1. The summed E-state index contributed by atoms with van der Waals surface area (Å²) in [5.74, 6) is 0.452. The van der Waals surface area contributed by atoms with Gasteiger partial charge in [-0.25, -0.2) is 4.98 Å². The zero-order chi connectivity index (χ0) is 11.7. The van der Waals surface area contributed by atoms with Crippen molar-refractivity contribution < 1.29 is 0 Å². The topological polar surface area (TPSA) is 12.9 Å². The van der Waals surface area contributed by atoms with Gasteiger partial charge in [-0.15, -0.1) is 11.6 Å². The summed E-state index contributed by atoms with van der Waals surface area (Å²) in [6.07, 6.45) is 0.592. The molecule has 0 fully saturated rings. The molecule has 1 heterocycles. The first-order chi connectivity index (χ1) is 7.63. The number of hydrogen-bond acceptors (Lipinski definition) is 1. The molecule has 1 nitrogen and oxygen atoms in total. The molecule has 0 aliphatic rings. The van der Waals surface area contributed by atoms with Crippen LogP contribution >= 0.6 is 46.4 Å². The lowest BCUT2D eigenvalue weighted by atomic mass is 10.1. The van der Waals surface area contributed by atoms with Gasteiger partial charge in [0.1, 0.15) is 5.15 Å². The Morgan fingerprint density at radius 3 is 2.56 bits per heavy atom. The van der Waals surface area contributed by atoms with Crippen LogP contribution in [0.4, 0.5) is 0 Å². The minimum atomic E-state index is 0.403. The van der Waals surface area contributed by atoms with Gasteiger partial charge in [-0.2, -0.15) is 0 Å². The second-order valence-corrected chi connectivity index (χ2v) is 4.85. The minimum absolute atomic E-state index is 0.403. The van der Waals surface area contributed by atoms with E-state index in [2.05, 4.69) is 4.98 Å². The third-order valence-electron chi connectivity index (χ3n) is 2.27. The molecule has 5 heteroatoms. The summed E-state index contributed by atoms with van der Waals surface area (Å²) >= 11 is 23.9. The Morgan fingerprint density at radius 1 is 1.12 bits per heavy atom. The highest BCUT2D eigenvalue weighted by molar-refractivity contribution is 6.40. The van der Waals surface area contributed by atoms with Crippen LogP contribution in [0.5, 0.6) is 0 Å². The average Bonchev–Trinajstić information content (AvgIpc) is 2.26. The molecule has 0 atom stereocenters. The van der Waals surface area contributed by atoms with E-state index in [1.165, 1.54) is 0 Å². The zero-order valence-corrected chi connectivity index (χ0v) is 11.1. The van der Waals surface area contributed by atoms with Gasteiger partial charge in [-0.1, -0.05) is 34.8 Å².